The Hall–Kier alpha value is -1.34. The van der Waals surface area contributed by atoms with Crippen molar-refractivity contribution in [2.24, 2.45) is 17.8 Å². The largest absolute Gasteiger partial charge is 0.373 e. The molecule has 0 N–H and O–H groups in total. The fourth-order valence-electron chi connectivity index (χ4n) is 5.42. The van der Waals surface area contributed by atoms with Crippen molar-refractivity contribution in [3.63, 3.8) is 0 Å². The van der Waals surface area contributed by atoms with E-state index in [0.29, 0.717) is 13.2 Å². The maximum Gasteiger partial charge on any atom is 0.0721 e. The van der Waals surface area contributed by atoms with Crippen LogP contribution >= 0.6 is 0 Å². The van der Waals surface area contributed by atoms with Crippen molar-refractivity contribution in [1.82, 2.24) is 0 Å². The third-order valence-corrected chi connectivity index (χ3v) is 7.29. The normalized spacial score (nSPS) is 28.3. The van der Waals surface area contributed by atoms with Crippen molar-refractivity contribution in [2.75, 3.05) is 6.61 Å². The summed E-state index contributed by atoms with van der Waals surface area (Å²) in [5.74, 6) is 3.64. The van der Waals surface area contributed by atoms with Crippen LogP contribution in [0.4, 0.5) is 0 Å². The minimum atomic E-state index is 0.708. The van der Waals surface area contributed by atoms with E-state index in [1.165, 1.54) is 69.8 Å². The van der Waals surface area contributed by atoms with Gasteiger partial charge in [0.05, 0.1) is 13.2 Å². The number of rotatable bonds is 9. The zero-order chi connectivity index (χ0) is 20.3. The van der Waals surface area contributed by atoms with Crippen LogP contribution in [-0.4, -0.2) is 6.61 Å². The first-order chi connectivity index (χ1) is 14.3. The van der Waals surface area contributed by atoms with Gasteiger partial charge in [-0.1, -0.05) is 61.9 Å². The van der Waals surface area contributed by atoms with Crippen LogP contribution in [0.2, 0.25) is 0 Å². The molecule has 0 aliphatic heterocycles. The molecule has 2 saturated carbocycles. The number of allylic oxidation sites excluding steroid dienone is 3. The van der Waals surface area contributed by atoms with Gasteiger partial charge in [-0.3, -0.25) is 0 Å². The second kappa shape index (κ2) is 12.4. The van der Waals surface area contributed by atoms with Crippen molar-refractivity contribution >= 4 is 0 Å². The molecule has 0 atom stereocenters. The van der Waals surface area contributed by atoms with Crippen LogP contribution in [0.1, 0.15) is 95.1 Å². The standard InChI is InChI=1S/C28H42O/c1-3-5-7-8-23-9-13-25(14-10-23)27-17-19-28(20-18-27)26-15-11-24(12-16-26)22-29-21-6-4-2/h4,6-8,11-12,15-16,23,25,27-28H,3,5,9-10,13-14,17-22H2,1-2H3/b6-4+,8-7+. The first-order valence-electron chi connectivity index (χ1n) is 12.2. The summed E-state index contributed by atoms with van der Waals surface area (Å²) in [7, 11) is 0. The third-order valence-electron chi connectivity index (χ3n) is 7.29. The second-order valence-corrected chi connectivity index (χ2v) is 9.33. The van der Waals surface area contributed by atoms with Gasteiger partial charge in [0.1, 0.15) is 0 Å². The first-order valence-corrected chi connectivity index (χ1v) is 12.2. The molecule has 29 heavy (non-hydrogen) atoms. The molecule has 0 spiro atoms. The Balaban J connectivity index is 1.39. The van der Waals surface area contributed by atoms with E-state index in [-0.39, 0.29) is 0 Å². The molecule has 0 heterocycles. The van der Waals surface area contributed by atoms with Crippen molar-refractivity contribution in [1.29, 1.82) is 0 Å². The summed E-state index contributed by atoms with van der Waals surface area (Å²) >= 11 is 0. The van der Waals surface area contributed by atoms with Gasteiger partial charge in [0.15, 0.2) is 0 Å². The Labute approximate surface area is 179 Å². The highest BCUT2D eigenvalue weighted by atomic mass is 16.5. The zero-order valence-electron chi connectivity index (χ0n) is 18.8. The molecule has 0 radical (unpaired) electrons. The van der Waals surface area contributed by atoms with Crippen LogP contribution in [0.25, 0.3) is 0 Å². The van der Waals surface area contributed by atoms with Crippen LogP contribution in [0, 0.1) is 17.8 Å². The van der Waals surface area contributed by atoms with Crippen molar-refractivity contribution in [2.45, 2.75) is 90.6 Å². The lowest BCUT2D eigenvalue weighted by molar-refractivity contribution is 0.148. The van der Waals surface area contributed by atoms with Crippen LogP contribution in [0.15, 0.2) is 48.6 Å². The topological polar surface area (TPSA) is 9.23 Å². The summed E-state index contributed by atoms with van der Waals surface area (Å²) in [5, 5.41) is 0. The zero-order valence-corrected chi connectivity index (χ0v) is 18.8. The molecule has 160 valence electrons. The van der Waals surface area contributed by atoms with E-state index in [1.807, 2.05) is 13.0 Å². The summed E-state index contributed by atoms with van der Waals surface area (Å²) in [5.41, 5.74) is 2.84. The fourth-order valence-corrected chi connectivity index (χ4v) is 5.42. The SMILES string of the molecule is C/C=C/COCc1ccc(C2CCC(C3CCC(/C=C/CCC)CC3)CC2)cc1. The number of benzene rings is 1. The molecule has 0 bridgehead atoms. The Morgan fingerprint density at radius 3 is 2.14 bits per heavy atom. The molecule has 1 aromatic rings. The highest BCUT2D eigenvalue weighted by Gasteiger charge is 2.30. The van der Waals surface area contributed by atoms with Gasteiger partial charge >= 0.3 is 0 Å². The molecule has 0 saturated heterocycles. The van der Waals surface area contributed by atoms with Crippen LogP contribution in [0.3, 0.4) is 0 Å². The Kier molecular flexibility index (Phi) is 9.54. The maximum absolute atomic E-state index is 5.67. The third kappa shape index (κ3) is 7.14. The van der Waals surface area contributed by atoms with Crippen molar-refractivity contribution in [3.05, 3.63) is 59.7 Å². The molecule has 1 heteroatoms. The van der Waals surface area contributed by atoms with E-state index < -0.39 is 0 Å². The van der Waals surface area contributed by atoms with Crippen LogP contribution in [-0.2, 0) is 11.3 Å². The molecule has 2 fully saturated rings. The number of unbranched alkanes of at least 4 members (excludes halogenated alkanes) is 1. The highest BCUT2D eigenvalue weighted by molar-refractivity contribution is 5.25. The van der Waals surface area contributed by atoms with Crippen LogP contribution in [0.5, 0.6) is 0 Å². The smallest absolute Gasteiger partial charge is 0.0721 e. The Morgan fingerprint density at radius 1 is 0.862 bits per heavy atom. The second-order valence-electron chi connectivity index (χ2n) is 9.33. The summed E-state index contributed by atoms with van der Waals surface area (Å²) in [4.78, 5) is 0. The molecule has 3 rings (SSSR count). The summed E-state index contributed by atoms with van der Waals surface area (Å²) < 4.78 is 5.67. The van der Waals surface area contributed by atoms with Gasteiger partial charge in [-0.25, -0.2) is 0 Å². The molecular weight excluding hydrogens is 352 g/mol. The van der Waals surface area contributed by atoms with Gasteiger partial charge in [0.25, 0.3) is 0 Å². The lowest BCUT2D eigenvalue weighted by atomic mass is 9.68. The van der Waals surface area contributed by atoms with E-state index in [0.717, 1.165) is 23.7 Å². The van der Waals surface area contributed by atoms with E-state index in [4.69, 9.17) is 4.74 Å². The maximum atomic E-state index is 5.67. The minimum Gasteiger partial charge on any atom is -0.373 e. The average Bonchev–Trinajstić information content (AvgIpc) is 2.78. The highest BCUT2D eigenvalue weighted by Crippen LogP contribution is 2.44. The Bertz CT molecular complexity index is 610. The molecule has 0 aromatic heterocycles. The molecule has 0 amide bonds. The van der Waals surface area contributed by atoms with E-state index >= 15 is 0 Å². The molecular formula is C28H42O. The molecule has 1 aromatic carbocycles. The molecule has 1 nitrogen and oxygen atoms in total. The van der Waals surface area contributed by atoms with Gasteiger partial charge in [-0.05, 0) is 99.5 Å². The van der Waals surface area contributed by atoms with Crippen LogP contribution < -0.4 is 0 Å². The molecule has 2 aliphatic rings. The lowest BCUT2D eigenvalue weighted by Crippen LogP contribution is -2.25. The van der Waals surface area contributed by atoms with Crippen molar-refractivity contribution in [3.8, 4) is 0 Å². The van der Waals surface area contributed by atoms with Gasteiger partial charge in [-0.2, -0.15) is 0 Å². The summed E-state index contributed by atoms with van der Waals surface area (Å²) in [6, 6.07) is 9.25. The number of ether oxygens (including phenoxy) is 1. The predicted octanol–water partition coefficient (Wildman–Crippen LogP) is 8.22. The van der Waals surface area contributed by atoms with Gasteiger partial charge in [-0.15, -0.1) is 0 Å². The molecule has 2 aliphatic carbocycles. The van der Waals surface area contributed by atoms with Gasteiger partial charge in [0.2, 0.25) is 0 Å². The van der Waals surface area contributed by atoms with E-state index in [9.17, 15) is 0 Å². The number of hydrogen-bond acceptors (Lipinski definition) is 1. The number of hydrogen-bond donors (Lipinski definition) is 0. The van der Waals surface area contributed by atoms with E-state index in [1.54, 1.807) is 5.56 Å². The average molecular weight is 395 g/mol. The minimum absolute atomic E-state index is 0.708. The van der Waals surface area contributed by atoms with Crippen molar-refractivity contribution < 1.29 is 4.74 Å². The predicted molar refractivity (Wildman–Crippen MR) is 125 cm³/mol. The quantitative estimate of drug-likeness (QED) is 0.303. The monoisotopic (exact) mass is 394 g/mol. The fraction of sp³-hybridized carbons (Fsp3) is 0.643. The van der Waals surface area contributed by atoms with E-state index in [2.05, 4.69) is 49.4 Å². The lowest BCUT2D eigenvalue weighted by Gasteiger charge is -2.37. The van der Waals surface area contributed by atoms with Gasteiger partial charge in [0, 0.05) is 0 Å². The Morgan fingerprint density at radius 2 is 1.52 bits per heavy atom. The van der Waals surface area contributed by atoms with Gasteiger partial charge < -0.3 is 4.74 Å². The molecule has 0 unspecified atom stereocenters. The summed E-state index contributed by atoms with van der Waals surface area (Å²) in [6.45, 7) is 5.73. The summed E-state index contributed by atoms with van der Waals surface area (Å²) in [6.07, 6.45) is 23.0. The first kappa shape index (κ1) is 22.3.